The molecule has 1 unspecified atom stereocenters. The van der Waals surface area contributed by atoms with Crippen LogP contribution in [0.1, 0.15) is 36.7 Å². The largest absolute Gasteiger partial charge is 0.347 e. The summed E-state index contributed by atoms with van der Waals surface area (Å²) in [4.78, 5) is 16.6. The molecular weight excluding hydrogens is 321 g/mol. The summed E-state index contributed by atoms with van der Waals surface area (Å²) in [6, 6.07) is 9.69. The van der Waals surface area contributed by atoms with Gasteiger partial charge in [-0.3, -0.25) is 9.78 Å². The first-order valence-corrected chi connectivity index (χ1v) is 7.11. The van der Waals surface area contributed by atoms with E-state index in [1.165, 1.54) is 0 Å². The molecule has 2 rings (SSSR count). The molecule has 1 aromatic carbocycles. The summed E-state index contributed by atoms with van der Waals surface area (Å²) in [6.07, 6.45) is 4.73. The molecule has 0 saturated heterocycles. The van der Waals surface area contributed by atoms with E-state index in [0.717, 1.165) is 30.0 Å². The molecule has 6 heteroatoms. The monoisotopic (exact) mass is 343 g/mol. The molecule has 1 aromatic heterocycles. The predicted octanol–water partition coefficient (Wildman–Crippen LogP) is 3.33. The molecule has 0 radical (unpaired) electrons. The fraction of sp³-hybridized carbons (Fsp3) is 0.375. The number of benzene rings is 1. The number of nitrogens with one attached hydrogen (secondary N) is 1. The Bertz CT molecular complexity index is 587. The number of carbonyl (C=O) groups excluding carboxylic acids is 1. The topological polar surface area (TPSA) is 68.0 Å². The highest BCUT2D eigenvalue weighted by Gasteiger charge is 2.15. The number of hydrogen-bond acceptors (Lipinski definition) is 3. The Labute approximate surface area is 143 Å². The second kappa shape index (κ2) is 10.4. The van der Waals surface area contributed by atoms with Crippen molar-refractivity contribution in [2.24, 2.45) is 5.73 Å². The second-order valence-electron chi connectivity index (χ2n) is 4.93. The highest BCUT2D eigenvalue weighted by Crippen LogP contribution is 2.16. The summed E-state index contributed by atoms with van der Waals surface area (Å²) < 4.78 is 0. The van der Waals surface area contributed by atoms with Crippen molar-refractivity contribution in [2.45, 2.75) is 32.2 Å². The second-order valence-corrected chi connectivity index (χ2v) is 4.93. The number of amides is 1. The van der Waals surface area contributed by atoms with Crippen molar-refractivity contribution in [3.8, 4) is 0 Å². The van der Waals surface area contributed by atoms with E-state index < -0.39 is 0 Å². The van der Waals surface area contributed by atoms with E-state index in [2.05, 4.69) is 17.2 Å². The Morgan fingerprint density at radius 2 is 2.00 bits per heavy atom. The molecule has 2 aromatic rings. The minimum absolute atomic E-state index is 0. The number of aromatic nitrogens is 1. The van der Waals surface area contributed by atoms with Crippen LogP contribution in [0.25, 0.3) is 10.8 Å². The van der Waals surface area contributed by atoms with Crippen molar-refractivity contribution in [3.05, 3.63) is 42.2 Å². The van der Waals surface area contributed by atoms with Gasteiger partial charge in [0.2, 0.25) is 0 Å². The maximum atomic E-state index is 12.4. The van der Waals surface area contributed by atoms with Crippen LogP contribution in [0.4, 0.5) is 0 Å². The lowest BCUT2D eigenvalue weighted by Crippen LogP contribution is -2.40. The van der Waals surface area contributed by atoms with Crippen molar-refractivity contribution in [1.29, 1.82) is 0 Å². The molecule has 22 heavy (non-hydrogen) atoms. The molecule has 0 aliphatic rings. The van der Waals surface area contributed by atoms with Crippen LogP contribution in [0, 0.1) is 0 Å². The number of hydrogen-bond donors (Lipinski definition) is 2. The van der Waals surface area contributed by atoms with E-state index in [1.807, 2.05) is 30.3 Å². The third-order valence-corrected chi connectivity index (χ3v) is 3.41. The van der Waals surface area contributed by atoms with Gasteiger partial charge in [0.1, 0.15) is 5.69 Å². The number of fused-ring (bicyclic) bond motifs is 1. The lowest BCUT2D eigenvalue weighted by molar-refractivity contribution is 0.0932. The van der Waals surface area contributed by atoms with Gasteiger partial charge in [0.05, 0.1) is 0 Å². The number of nitrogens with zero attached hydrogens (tertiary/aromatic N) is 1. The number of halogens is 2. The number of carbonyl (C=O) groups is 1. The van der Waals surface area contributed by atoms with Gasteiger partial charge < -0.3 is 11.1 Å². The minimum atomic E-state index is -0.145. The maximum absolute atomic E-state index is 12.4. The summed E-state index contributed by atoms with van der Waals surface area (Å²) in [5.41, 5.74) is 6.19. The first kappa shape index (κ1) is 20.6. The van der Waals surface area contributed by atoms with Crippen LogP contribution in [-0.4, -0.2) is 23.5 Å². The Kier molecular flexibility index (Phi) is 9.74. The predicted molar refractivity (Wildman–Crippen MR) is 96.1 cm³/mol. The Hall–Kier alpha value is -1.36. The van der Waals surface area contributed by atoms with Gasteiger partial charge in [-0.05, 0) is 17.9 Å². The molecular formula is C16H23Cl2N3O. The molecule has 0 bridgehead atoms. The third kappa shape index (κ3) is 5.13. The van der Waals surface area contributed by atoms with Crippen LogP contribution in [0.15, 0.2) is 36.5 Å². The lowest BCUT2D eigenvalue weighted by atomic mass is 10.1. The average molecular weight is 344 g/mol. The Morgan fingerprint density at radius 1 is 1.27 bits per heavy atom. The maximum Gasteiger partial charge on any atom is 0.270 e. The molecule has 1 atom stereocenters. The zero-order valence-corrected chi connectivity index (χ0v) is 14.3. The number of unbranched alkanes of at least 4 members (excludes halogenated alkanes) is 1. The summed E-state index contributed by atoms with van der Waals surface area (Å²) in [6.45, 7) is 2.58. The fourth-order valence-electron chi connectivity index (χ4n) is 2.25. The van der Waals surface area contributed by atoms with Gasteiger partial charge in [-0.1, -0.05) is 44.0 Å². The van der Waals surface area contributed by atoms with Crippen LogP contribution in [0.3, 0.4) is 0 Å². The van der Waals surface area contributed by atoms with E-state index >= 15 is 0 Å². The molecule has 3 N–H and O–H groups in total. The molecule has 1 amide bonds. The summed E-state index contributed by atoms with van der Waals surface area (Å²) in [5.74, 6) is -0.145. The van der Waals surface area contributed by atoms with Crippen molar-refractivity contribution >= 4 is 41.5 Å². The zero-order chi connectivity index (χ0) is 14.4. The molecule has 0 aliphatic heterocycles. The Balaban J connectivity index is 0.00000220. The molecule has 4 nitrogen and oxygen atoms in total. The van der Waals surface area contributed by atoms with Gasteiger partial charge in [-0.2, -0.15) is 0 Å². The molecule has 0 saturated carbocycles. The van der Waals surface area contributed by atoms with Crippen LogP contribution in [0.2, 0.25) is 0 Å². The van der Waals surface area contributed by atoms with Crippen molar-refractivity contribution in [1.82, 2.24) is 10.3 Å². The van der Waals surface area contributed by atoms with Crippen LogP contribution < -0.4 is 11.1 Å². The molecule has 0 fully saturated rings. The zero-order valence-electron chi connectivity index (χ0n) is 12.6. The SMILES string of the molecule is CCCCC(CN)NC(=O)c1nccc2ccccc12.Cl.Cl. The molecule has 0 spiro atoms. The van der Waals surface area contributed by atoms with Crippen molar-refractivity contribution < 1.29 is 4.79 Å². The van der Waals surface area contributed by atoms with Gasteiger partial charge in [-0.25, -0.2) is 0 Å². The standard InChI is InChI=1S/C16H21N3O.2ClH/c1-2-3-7-13(11-17)19-16(20)15-14-8-5-4-6-12(14)9-10-18-15;;/h4-6,8-10,13H,2-3,7,11,17H2,1H3,(H,19,20);2*1H. The molecule has 122 valence electrons. The Morgan fingerprint density at radius 3 is 2.68 bits per heavy atom. The van der Waals surface area contributed by atoms with E-state index in [0.29, 0.717) is 12.2 Å². The quantitative estimate of drug-likeness (QED) is 0.845. The normalized spacial score (nSPS) is 11.2. The van der Waals surface area contributed by atoms with E-state index in [9.17, 15) is 4.79 Å². The molecule has 1 heterocycles. The van der Waals surface area contributed by atoms with Gasteiger partial charge in [0.15, 0.2) is 0 Å². The first-order valence-electron chi connectivity index (χ1n) is 7.11. The number of pyridine rings is 1. The van der Waals surface area contributed by atoms with E-state index in [1.54, 1.807) is 6.20 Å². The smallest absolute Gasteiger partial charge is 0.270 e. The van der Waals surface area contributed by atoms with Crippen molar-refractivity contribution in [3.63, 3.8) is 0 Å². The third-order valence-electron chi connectivity index (χ3n) is 3.41. The first-order chi connectivity index (χ1) is 9.76. The van der Waals surface area contributed by atoms with Crippen LogP contribution in [0.5, 0.6) is 0 Å². The highest BCUT2D eigenvalue weighted by atomic mass is 35.5. The highest BCUT2D eigenvalue weighted by molar-refractivity contribution is 6.05. The summed E-state index contributed by atoms with van der Waals surface area (Å²) in [7, 11) is 0. The number of nitrogens with two attached hydrogens (primary N) is 1. The fourth-order valence-corrected chi connectivity index (χ4v) is 2.25. The van der Waals surface area contributed by atoms with Gasteiger partial charge in [0.25, 0.3) is 5.91 Å². The van der Waals surface area contributed by atoms with Crippen LogP contribution >= 0.6 is 24.8 Å². The minimum Gasteiger partial charge on any atom is -0.347 e. The number of rotatable bonds is 6. The van der Waals surface area contributed by atoms with Crippen LogP contribution in [-0.2, 0) is 0 Å². The van der Waals surface area contributed by atoms with Crippen molar-refractivity contribution in [2.75, 3.05) is 6.54 Å². The molecule has 0 aliphatic carbocycles. The van der Waals surface area contributed by atoms with Gasteiger partial charge >= 0.3 is 0 Å². The lowest BCUT2D eigenvalue weighted by Gasteiger charge is -2.16. The van der Waals surface area contributed by atoms with Gasteiger partial charge in [0, 0.05) is 24.2 Å². The van der Waals surface area contributed by atoms with E-state index in [4.69, 9.17) is 5.73 Å². The summed E-state index contributed by atoms with van der Waals surface area (Å²) >= 11 is 0. The van der Waals surface area contributed by atoms with E-state index in [-0.39, 0.29) is 36.8 Å². The average Bonchev–Trinajstić information content (AvgIpc) is 2.50. The van der Waals surface area contributed by atoms with Gasteiger partial charge in [-0.15, -0.1) is 24.8 Å². The summed E-state index contributed by atoms with van der Waals surface area (Å²) in [5, 5.41) is 4.88.